The molecule has 0 saturated heterocycles. The van der Waals surface area contributed by atoms with Crippen molar-refractivity contribution in [3.8, 4) is 11.1 Å². The monoisotopic (exact) mass is 360 g/mol. The Morgan fingerprint density at radius 2 is 1.88 bits per heavy atom. The van der Waals surface area contributed by atoms with Gasteiger partial charge in [0.1, 0.15) is 6.04 Å². The lowest BCUT2D eigenvalue weighted by Crippen LogP contribution is -2.49. The number of rotatable bonds is 6. The predicted octanol–water partition coefficient (Wildman–Crippen LogP) is 3.66. The van der Waals surface area contributed by atoms with Crippen LogP contribution in [0, 0.1) is 5.92 Å². The molecule has 2 rings (SSSR count). The number of benzene rings is 2. The molecule has 0 bridgehead atoms. The first kappa shape index (κ1) is 19.0. The number of carbonyl (C=O) groups is 2. The fourth-order valence-electron chi connectivity index (χ4n) is 2.52. The Kier molecular flexibility index (Phi) is 6.56. The largest absolute Gasteiger partial charge is 0.340 e. The molecule has 0 spiro atoms. The summed E-state index contributed by atoms with van der Waals surface area (Å²) in [5, 5.41) is 12.2. The van der Waals surface area contributed by atoms with E-state index in [4.69, 9.17) is 16.8 Å². The molecule has 132 valence electrons. The maximum atomic E-state index is 12.6. The van der Waals surface area contributed by atoms with E-state index in [-0.39, 0.29) is 11.8 Å². The number of hydrogen-bond donors (Lipinski definition) is 3. The zero-order valence-electron chi connectivity index (χ0n) is 14.1. The number of nitrogens with one attached hydrogen (secondary N) is 2. The van der Waals surface area contributed by atoms with Crippen molar-refractivity contribution in [1.82, 2.24) is 10.8 Å². The van der Waals surface area contributed by atoms with Crippen LogP contribution in [0.2, 0.25) is 5.02 Å². The molecule has 6 heteroatoms. The highest BCUT2D eigenvalue weighted by Gasteiger charge is 2.26. The van der Waals surface area contributed by atoms with Crippen LogP contribution in [-0.4, -0.2) is 23.1 Å². The molecule has 5 nitrogen and oxygen atoms in total. The topological polar surface area (TPSA) is 78.4 Å². The molecule has 25 heavy (non-hydrogen) atoms. The van der Waals surface area contributed by atoms with Crippen molar-refractivity contribution in [3.63, 3.8) is 0 Å². The average molecular weight is 361 g/mol. The van der Waals surface area contributed by atoms with Crippen molar-refractivity contribution < 1.29 is 14.8 Å². The molecular formula is C19H21ClN2O3. The van der Waals surface area contributed by atoms with Crippen LogP contribution in [0.15, 0.2) is 48.5 Å². The van der Waals surface area contributed by atoms with Gasteiger partial charge in [-0.1, -0.05) is 62.2 Å². The van der Waals surface area contributed by atoms with Crippen molar-refractivity contribution in [2.24, 2.45) is 5.92 Å². The molecule has 0 heterocycles. The van der Waals surface area contributed by atoms with E-state index in [1.165, 1.54) is 0 Å². The molecule has 2 aromatic carbocycles. The van der Waals surface area contributed by atoms with Crippen molar-refractivity contribution in [1.29, 1.82) is 0 Å². The molecule has 0 saturated carbocycles. The van der Waals surface area contributed by atoms with E-state index in [0.29, 0.717) is 17.0 Å². The number of hydroxylamine groups is 1. The van der Waals surface area contributed by atoms with Gasteiger partial charge >= 0.3 is 0 Å². The third-order valence-corrected chi connectivity index (χ3v) is 4.53. The summed E-state index contributed by atoms with van der Waals surface area (Å²) in [6, 6.07) is 13.6. The van der Waals surface area contributed by atoms with Crippen LogP contribution in [-0.2, 0) is 4.79 Å². The summed E-state index contributed by atoms with van der Waals surface area (Å²) in [7, 11) is 0. The Labute approximate surface area is 152 Å². The zero-order valence-corrected chi connectivity index (χ0v) is 14.9. The molecule has 0 aliphatic rings. The molecule has 0 fully saturated rings. The number of hydrogen-bond acceptors (Lipinski definition) is 3. The van der Waals surface area contributed by atoms with Crippen LogP contribution < -0.4 is 10.8 Å². The van der Waals surface area contributed by atoms with Gasteiger partial charge in [0.15, 0.2) is 0 Å². The number of amides is 2. The van der Waals surface area contributed by atoms with Crippen LogP contribution in [0.25, 0.3) is 11.1 Å². The molecule has 0 aliphatic carbocycles. The second kappa shape index (κ2) is 8.65. The second-order valence-corrected chi connectivity index (χ2v) is 6.28. The fourth-order valence-corrected chi connectivity index (χ4v) is 2.76. The van der Waals surface area contributed by atoms with E-state index in [2.05, 4.69) is 5.32 Å². The van der Waals surface area contributed by atoms with Crippen LogP contribution in [0.3, 0.4) is 0 Å². The average Bonchev–Trinajstić information content (AvgIpc) is 2.65. The standard InChI is InChI=1S/C19H21ClN2O3/c1-3-12(2)17(19(24)22-25)21-18(23)14-8-6-7-13(11-14)15-9-4-5-10-16(15)20/h4-12,17,25H,3H2,1-2H3,(H,21,23)(H,22,24)/t12-,17-/m0/s1. The highest BCUT2D eigenvalue weighted by atomic mass is 35.5. The highest BCUT2D eigenvalue weighted by molar-refractivity contribution is 6.33. The third kappa shape index (κ3) is 4.59. The molecule has 0 unspecified atom stereocenters. The Bertz CT molecular complexity index is 764. The Morgan fingerprint density at radius 3 is 2.52 bits per heavy atom. The highest BCUT2D eigenvalue weighted by Crippen LogP contribution is 2.28. The van der Waals surface area contributed by atoms with Gasteiger partial charge in [-0.25, -0.2) is 5.48 Å². The SMILES string of the molecule is CC[C@H](C)[C@H](NC(=O)c1cccc(-c2ccccc2Cl)c1)C(=O)NO. The molecule has 2 atom stereocenters. The molecule has 0 aliphatic heterocycles. The van der Waals surface area contributed by atoms with Gasteiger partial charge in [-0.05, 0) is 29.7 Å². The van der Waals surface area contributed by atoms with Crippen LogP contribution in [0.5, 0.6) is 0 Å². The van der Waals surface area contributed by atoms with E-state index < -0.39 is 11.9 Å². The first-order chi connectivity index (χ1) is 12.0. The normalized spacial score (nSPS) is 13.0. The summed E-state index contributed by atoms with van der Waals surface area (Å²) in [5.41, 5.74) is 3.66. The minimum absolute atomic E-state index is 0.122. The molecule has 0 radical (unpaired) electrons. The summed E-state index contributed by atoms with van der Waals surface area (Å²) in [6.07, 6.45) is 0.679. The molecular weight excluding hydrogens is 340 g/mol. The maximum absolute atomic E-state index is 12.6. The Balaban J connectivity index is 2.26. The smallest absolute Gasteiger partial charge is 0.266 e. The lowest BCUT2D eigenvalue weighted by Gasteiger charge is -2.22. The summed E-state index contributed by atoms with van der Waals surface area (Å²) in [4.78, 5) is 24.4. The van der Waals surface area contributed by atoms with E-state index in [9.17, 15) is 9.59 Å². The minimum atomic E-state index is -0.813. The summed E-state index contributed by atoms with van der Waals surface area (Å²) in [6.45, 7) is 3.74. The lowest BCUT2D eigenvalue weighted by molar-refractivity contribution is -0.132. The maximum Gasteiger partial charge on any atom is 0.266 e. The summed E-state index contributed by atoms with van der Waals surface area (Å²) >= 11 is 6.21. The quantitative estimate of drug-likeness (QED) is 0.543. The van der Waals surface area contributed by atoms with Crippen molar-refractivity contribution in [2.45, 2.75) is 26.3 Å². The minimum Gasteiger partial charge on any atom is -0.340 e. The fraction of sp³-hybridized carbons (Fsp3) is 0.263. The zero-order chi connectivity index (χ0) is 18.4. The van der Waals surface area contributed by atoms with Gasteiger partial charge in [-0.15, -0.1) is 0 Å². The predicted molar refractivity (Wildman–Crippen MR) is 97.5 cm³/mol. The molecule has 2 aromatic rings. The van der Waals surface area contributed by atoms with Gasteiger partial charge in [0.05, 0.1) is 0 Å². The van der Waals surface area contributed by atoms with Gasteiger partial charge in [-0.3, -0.25) is 14.8 Å². The van der Waals surface area contributed by atoms with Crippen LogP contribution in [0.4, 0.5) is 0 Å². The van der Waals surface area contributed by atoms with Crippen LogP contribution in [0.1, 0.15) is 30.6 Å². The van der Waals surface area contributed by atoms with Gasteiger partial charge in [0.2, 0.25) is 0 Å². The van der Waals surface area contributed by atoms with Crippen molar-refractivity contribution in [2.75, 3.05) is 0 Å². The summed E-state index contributed by atoms with van der Waals surface area (Å²) in [5.74, 6) is -1.14. The van der Waals surface area contributed by atoms with Gasteiger partial charge in [-0.2, -0.15) is 0 Å². The summed E-state index contributed by atoms with van der Waals surface area (Å²) < 4.78 is 0. The van der Waals surface area contributed by atoms with E-state index in [1.54, 1.807) is 29.7 Å². The van der Waals surface area contributed by atoms with E-state index >= 15 is 0 Å². The first-order valence-electron chi connectivity index (χ1n) is 8.07. The van der Waals surface area contributed by atoms with Gasteiger partial charge in [0.25, 0.3) is 11.8 Å². The van der Waals surface area contributed by atoms with E-state index in [0.717, 1.165) is 11.1 Å². The molecule has 0 aromatic heterocycles. The third-order valence-electron chi connectivity index (χ3n) is 4.20. The van der Waals surface area contributed by atoms with Gasteiger partial charge < -0.3 is 5.32 Å². The number of halogens is 1. The molecule has 3 N–H and O–H groups in total. The second-order valence-electron chi connectivity index (χ2n) is 5.87. The van der Waals surface area contributed by atoms with Crippen LogP contribution >= 0.6 is 11.6 Å². The van der Waals surface area contributed by atoms with Crippen molar-refractivity contribution in [3.05, 3.63) is 59.1 Å². The number of carbonyl (C=O) groups excluding carboxylic acids is 2. The Hall–Kier alpha value is -2.37. The van der Waals surface area contributed by atoms with Gasteiger partial charge in [0, 0.05) is 16.1 Å². The van der Waals surface area contributed by atoms with Crippen molar-refractivity contribution >= 4 is 23.4 Å². The molecule has 2 amide bonds. The van der Waals surface area contributed by atoms with E-state index in [1.807, 2.05) is 38.1 Å². The first-order valence-corrected chi connectivity index (χ1v) is 8.45. The lowest BCUT2D eigenvalue weighted by atomic mass is 9.97. The Morgan fingerprint density at radius 1 is 1.16 bits per heavy atom.